The molecular formula is C15H13BrClN3O3. The van der Waals surface area contributed by atoms with Gasteiger partial charge in [0, 0.05) is 27.3 Å². The largest absolute Gasteiger partial charge is 0.336 e. The van der Waals surface area contributed by atoms with Crippen molar-refractivity contribution in [3.8, 4) is 0 Å². The first-order valence-electron chi connectivity index (χ1n) is 7.00. The zero-order valence-corrected chi connectivity index (χ0v) is 14.3. The molecule has 1 aliphatic rings. The Labute approximate surface area is 144 Å². The number of aromatic amines is 2. The summed E-state index contributed by atoms with van der Waals surface area (Å²) < 4.78 is 0.778. The summed E-state index contributed by atoms with van der Waals surface area (Å²) in [6, 6.07) is 5.36. The molecule has 3 rings (SSSR count). The van der Waals surface area contributed by atoms with Gasteiger partial charge in [0.1, 0.15) is 0 Å². The van der Waals surface area contributed by atoms with Gasteiger partial charge in [-0.05, 0) is 24.1 Å². The lowest BCUT2D eigenvalue weighted by Crippen LogP contribution is -2.41. The Morgan fingerprint density at radius 3 is 2.83 bits per heavy atom. The second-order valence-corrected chi connectivity index (χ2v) is 6.57. The molecule has 2 aromatic rings. The Kier molecular flexibility index (Phi) is 4.41. The quantitative estimate of drug-likeness (QED) is 0.806. The monoisotopic (exact) mass is 397 g/mol. The molecular weight excluding hydrogens is 386 g/mol. The number of carbonyl (C=O) groups excluding carboxylic acids is 1. The smallest absolute Gasteiger partial charge is 0.325 e. The van der Waals surface area contributed by atoms with Gasteiger partial charge in [0.25, 0.3) is 5.56 Å². The number of benzene rings is 1. The number of nitrogens with one attached hydrogen (secondary N) is 2. The maximum atomic E-state index is 12.5. The van der Waals surface area contributed by atoms with Crippen LogP contribution in [0.25, 0.3) is 0 Å². The number of H-pyrrole nitrogens is 2. The topological polar surface area (TPSA) is 86.0 Å². The van der Waals surface area contributed by atoms with E-state index in [9.17, 15) is 14.4 Å². The SMILES string of the molecule is O=C(Cc1c(Cl)cccc1Br)N1CCc2c([nH]c(=O)[nH]c2=O)C1. The zero-order valence-electron chi connectivity index (χ0n) is 12.0. The summed E-state index contributed by atoms with van der Waals surface area (Å²) in [4.78, 5) is 42.1. The van der Waals surface area contributed by atoms with Gasteiger partial charge in [0.05, 0.1) is 13.0 Å². The normalized spacial score (nSPS) is 13.7. The lowest BCUT2D eigenvalue weighted by molar-refractivity contribution is -0.131. The molecule has 2 heterocycles. The predicted molar refractivity (Wildman–Crippen MR) is 89.7 cm³/mol. The van der Waals surface area contributed by atoms with Crippen molar-refractivity contribution in [3.05, 3.63) is 65.4 Å². The van der Waals surface area contributed by atoms with Crippen LogP contribution in [0.2, 0.25) is 5.02 Å². The Balaban J connectivity index is 1.82. The number of carbonyl (C=O) groups is 1. The molecule has 0 bridgehead atoms. The fraction of sp³-hybridized carbons (Fsp3) is 0.267. The number of nitrogens with zero attached hydrogens (tertiary/aromatic N) is 1. The number of hydrogen-bond acceptors (Lipinski definition) is 3. The van der Waals surface area contributed by atoms with Crippen LogP contribution in [-0.4, -0.2) is 27.3 Å². The Bertz CT molecular complexity index is 870. The van der Waals surface area contributed by atoms with E-state index in [2.05, 4.69) is 25.9 Å². The minimum Gasteiger partial charge on any atom is -0.336 e. The molecule has 1 amide bonds. The highest BCUT2D eigenvalue weighted by Gasteiger charge is 2.24. The van der Waals surface area contributed by atoms with Crippen molar-refractivity contribution in [2.24, 2.45) is 0 Å². The van der Waals surface area contributed by atoms with Crippen molar-refractivity contribution in [3.63, 3.8) is 0 Å². The lowest BCUT2D eigenvalue weighted by Gasteiger charge is -2.28. The van der Waals surface area contributed by atoms with Gasteiger partial charge in [-0.3, -0.25) is 14.6 Å². The molecule has 0 radical (unpaired) electrons. The highest BCUT2D eigenvalue weighted by Crippen LogP contribution is 2.26. The van der Waals surface area contributed by atoms with E-state index in [0.717, 1.165) is 10.0 Å². The van der Waals surface area contributed by atoms with Gasteiger partial charge in [-0.1, -0.05) is 33.6 Å². The number of halogens is 2. The first-order valence-corrected chi connectivity index (χ1v) is 8.18. The highest BCUT2D eigenvalue weighted by atomic mass is 79.9. The summed E-state index contributed by atoms with van der Waals surface area (Å²) >= 11 is 9.54. The average molecular weight is 399 g/mol. The molecule has 8 heteroatoms. The minimum absolute atomic E-state index is 0.106. The van der Waals surface area contributed by atoms with Crippen LogP contribution in [0.4, 0.5) is 0 Å². The van der Waals surface area contributed by atoms with Gasteiger partial charge in [-0.2, -0.15) is 0 Å². The molecule has 2 N–H and O–H groups in total. The lowest BCUT2D eigenvalue weighted by atomic mass is 10.1. The molecule has 0 unspecified atom stereocenters. The fourth-order valence-electron chi connectivity index (χ4n) is 2.65. The van der Waals surface area contributed by atoms with Crippen LogP contribution in [0, 0.1) is 0 Å². The molecule has 0 saturated carbocycles. The molecule has 6 nitrogen and oxygen atoms in total. The molecule has 120 valence electrons. The Hall–Kier alpha value is -1.86. The van der Waals surface area contributed by atoms with E-state index in [1.165, 1.54) is 0 Å². The van der Waals surface area contributed by atoms with Crippen LogP contribution in [0.3, 0.4) is 0 Å². The number of hydrogen-bond donors (Lipinski definition) is 2. The van der Waals surface area contributed by atoms with Crippen LogP contribution < -0.4 is 11.2 Å². The molecule has 0 spiro atoms. The number of amides is 1. The second kappa shape index (κ2) is 6.33. The van der Waals surface area contributed by atoms with Crippen molar-refractivity contribution in [1.82, 2.24) is 14.9 Å². The third-order valence-corrected chi connectivity index (χ3v) is 4.95. The third-order valence-electron chi connectivity index (χ3n) is 3.85. The van der Waals surface area contributed by atoms with E-state index in [-0.39, 0.29) is 24.4 Å². The molecule has 23 heavy (non-hydrogen) atoms. The molecule has 1 aliphatic heterocycles. The summed E-state index contributed by atoms with van der Waals surface area (Å²) in [5, 5.41) is 0.523. The van der Waals surface area contributed by atoms with Gasteiger partial charge >= 0.3 is 5.69 Å². The van der Waals surface area contributed by atoms with Crippen LogP contribution in [0.15, 0.2) is 32.3 Å². The van der Waals surface area contributed by atoms with E-state index in [1.807, 2.05) is 6.07 Å². The van der Waals surface area contributed by atoms with Crippen molar-refractivity contribution in [2.75, 3.05) is 6.54 Å². The molecule has 1 aromatic carbocycles. The van der Waals surface area contributed by atoms with Crippen molar-refractivity contribution in [1.29, 1.82) is 0 Å². The van der Waals surface area contributed by atoms with Crippen molar-refractivity contribution in [2.45, 2.75) is 19.4 Å². The van der Waals surface area contributed by atoms with Gasteiger partial charge in [0.2, 0.25) is 5.91 Å². The van der Waals surface area contributed by atoms with E-state index < -0.39 is 5.69 Å². The van der Waals surface area contributed by atoms with Gasteiger partial charge in [-0.15, -0.1) is 0 Å². The van der Waals surface area contributed by atoms with Gasteiger partial charge in [0.15, 0.2) is 0 Å². The zero-order chi connectivity index (χ0) is 16.6. The molecule has 0 atom stereocenters. The number of rotatable bonds is 2. The van der Waals surface area contributed by atoms with Crippen LogP contribution in [0.1, 0.15) is 16.8 Å². The molecule has 1 aromatic heterocycles. The average Bonchev–Trinajstić information content (AvgIpc) is 2.50. The summed E-state index contributed by atoms with van der Waals surface area (Å²) in [7, 11) is 0. The van der Waals surface area contributed by atoms with E-state index in [1.54, 1.807) is 17.0 Å². The Morgan fingerprint density at radius 2 is 2.09 bits per heavy atom. The van der Waals surface area contributed by atoms with Crippen molar-refractivity contribution >= 4 is 33.4 Å². The van der Waals surface area contributed by atoms with E-state index >= 15 is 0 Å². The summed E-state index contributed by atoms with van der Waals surface area (Å²) in [5.41, 5.74) is 0.815. The summed E-state index contributed by atoms with van der Waals surface area (Å²) in [6.07, 6.45) is 0.569. The van der Waals surface area contributed by atoms with E-state index in [0.29, 0.717) is 29.2 Å². The fourth-order valence-corrected chi connectivity index (χ4v) is 3.51. The number of aromatic nitrogens is 2. The van der Waals surface area contributed by atoms with E-state index in [4.69, 9.17) is 11.6 Å². The molecule has 0 fully saturated rings. The maximum Gasteiger partial charge on any atom is 0.325 e. The van der Waals surface area contributed by atoms with Crippen molar-refractivity contribution < 1.29 is 4.79 Å². The summed E-state index contributed by atoms with van der Waals surface area (Å²) in [6.45, 7) is 0.651. The summed E-state index contributed by atoms with van der Waals surface area (Å²) in [5.74, 6) is -0.106. The highest BCUT2D eigenvalue weighted by molar-refractivity contribution is 9.10. The van der Waals surface area contributed by atoms with Gasteiger partial charge < -0.3 is 9.88 Å². The molecule has 0 saturated heterocycles. The Morgan fingerprint density at radius 1 is 1.30 bits per heavy atom. The standard InChI is InChI=1S/C15H13BrClN3O3/c16-10-2-1-3-11(17)9(10)6-13(21)20-5-4-8-12(7-20)18-15(23)19-14(8)22/h1-3H,4-7H2,(H2,18,19,22,23). The first-order chi connectivity index (χ1) is 11.0. The van der Waals surface area contributed by atoms with Crippen LogP contribution in [-0.2, 0) is 24.2 Å². The maximum absolute atomic E-state index is 12.5. The van der Waals surface area contributed by atoms with Gasteiger partial charge in [-0.25, -0.2) is 4.79 Å². The predicted octanol–water partition coefficient (Wildman–Crippen LogP) is 1.61. The third kappa shape index (κ3) is 3.25. The van der Waals surface area contributed by atoms with Crippen LogP contribution in [0.5, 0.6) is 0 Å². The first kappa shape index (κ1) is 16.0. The second-order valence-electron chi connectivity index (χ2n) is 5.31. The molecule has 0 aliphatic carbocycles. The van der Waals surface area contributed by atoms with Crippen LogP contribution >= 0.6 is 27.5 Å². The minimum atomic E-state index is -0.558. The number of fused-ring (bicyclic) bond motifs is 1.